The van der Waals surface area contributed by atoms with Gasteiger partial charge in [0.25, 0.3) is 11.5 Å². The zero-order valence-electron chi connectivity index (χ0n) is 14.0. The molecule has 1 saturated carbocycles. The quantitative estimate of drug-likeness (QED) is 0.841. The summed E-state index contributed by atoms with van der Waals surface area (Å²) in [6, 6.07) is 0. The molecule has 0 N–H and O–H groups in total. The third-order valence-electron chi connectivity index (χ3n) is 4.90. The molecule has 3 rings (SSSR count). The molecule has 2 aliphatic rings. The number of carbonyl (C=O) groups excluding carboxylic acids is 1. The molecule has 1 aliphatic heterocycles. The number of aryl methyl sites for hydroxylation is 1. The van der Waals surface area contributed by atoms with Crippen LogP contribution in [0.25, 0.3) is 0 Å². The molecule has 6 nitrogen and oxygen atoms in total. The van der Waals surface area contributed by atoms with Crippen LogP contribution in [0, 0.1) is 0 Å². The Kier molecular flexibility index (Phi) is 4.80. The minimum Gasteiger partial charge on any atom is -0.365 e. The highest BCUT2D eigenvalue weighted by molar-refractivity contribution is 5.81. The van der Waals surface area contributed by atoms with Gasteiger partial charge >= 0.3 is 0 Å². The van der Waals surface area contributed by atoms with Crippen molar-refractivity contribution in [2.24, 2.45) is 7.05 Å². The summed E-state index contributed by atoms with van der Waals surface area (Å²) in [4.78, 5) is 31.0. The number of amides is 1. The van der Waals surface area contributed by atoms with Gasteiger partial charge in [-0.2, -0.15) is 0 Å². The number of ether oxygens (including phenoxy) is 1. The van der Waals surface area contributed by atoms with E-state index in [4.69, 9.17) is 4.74 Å². The van der Waals surface area contributed by atoms with E-state index in [1.807, 2.05) is 6.92 Å². The molecule has 1 aromatic rings. The maximum Gasteiger partial charge on any atom is 0.256 e. The number of hydrogen-bond acceptors (Lipinski definition) is 4. The molecular weight excluding hydrogens is 294 g/mol. The summed E-state index contributed by atoms with van der Waals surface area (Å²) in [6.07, 6.45) is 7.15. The lowest BCUT2D eigenvalue weighted by atomic mass is 10.1. The van der Waals surface area contributed by atoms with Gasteiger partial charge in [-0.25, -0.2) is 4.98 Å². The number of hydrogen-bond donors (Lipinski definition) is 0. The Bertz CT molecular complexity index is 634. The Hall–Kier alpha value is -1.69. The molecule has 0 unspecified atom stereocenters. The zero-order valence-corrected chi connectivity index (χ0v) is 14.0. The first-order chi connectivity index (χ1) is 11.1. The highest BCUT2D eigenvalue weighted by atomic mass is 16.5. The Morgan fingerprint density at radius 3 is 2.87 bits per heavy atom. The number of fused-ring (bicyclic) bond motifs is 1. The van der Waals surface area contributed by atoms with Gasteiger partial charge in [-0.05, 0) is 25.7 Å². The summed E-state index contributed by atoms with van der Waals surface area (Å²) >= 11 is 0. The number of nitrogens with zero attached hydrogens (tertiary/aromatic N) is 3. The van der Waals surface area contributed by atoms with E-state index in [9.17, 15) is 9.59 Å². The van der Waals surface area contributed by atoms with Crippen molar-refractivity contribution < 1.29 is 9.53 Å². The largest absolute Gasteiger partial charge is 0.365 e. The van der Waals surface area contributed by atoms with Crippen LogP contribution in [0.5, 0.6) is 0 Å². The lowest BCUT2D eigenvalue weighted by Crippen LogP contribution is -2.45. The molecule has 1 aliphatic carbocycles. The topological polar surface area (TPSA) is 64.4 Å². The summed E-state index contributed by atoms with van der Waals surface area (Å²) in [5, 5.41) is 0. The molecule has 126 valence electrons. The molecule has 6 heteroatoms. The zero-order chi connectivity index (χ0) is 16.4. The van der Waals surface area contributed by atoms with Crippen molar-refractivity contribution in [3.63, 3.8) is 0 Å². The van der Waals surface area contributed by atoms with E-state index >= 15 is 0 Å². The molecule has 0 saturated heterocycles. The molecular formula is C17H25N3O3. The Labute approximate surface area is 136 Å². The van der Waals surface area contributed by atoms with Crippen LogP contribution in [-0.4, -0.2) is 39.1 Å². The fraction of sp³-hybridized carbons (Fsp3) is 0.706. The number of aromatic nitrogens is 2. The summed E-state index contributed by atoms with van der Waals surface area (Å²) in [5.41, 5.74) is 1.46. The average Bonchev–Trinajstić information content (AvgIpc) is 3.08. The first-order valence-electron chi connectivity index (χ1n) is 8.57. The Morgan fingerprint density at radius 1 is 1.43 bits per heavy atom. The first-order valence-corrected chi connectivity index (χ1v) is 8.57. The van der Waals surface area contributed by atoms with Crippen LogP contribution in [-0.2, 0) is 29.5 Å². The van der Waals surface area contributed by atoms with E-state index in [1.165, 1.54) is 23.7 Å². The van der Waals surface area contributed by atoms with Crippen molar-refractivity contribution >= 4 is 5.91 Å². The fourth-order valence-electron chi connectivity index (χ4n) is 3.49. The van der Waals surface area contributed by atoms with E-state index in [0.717, 1.165) is 24.1 Å². The van der Waals surface area contributed by atoms with Crippen LogP contribution < -0.4 is 5.56 Å². The van der Waals surface area contributed by atoms with Gasteiger partial charge in [-0.15, -0.1) is 0 Å². The molecule has 0 bridgehead atoms. The lowest BCUT2D eigenvalue weighted by Gasteiger charge is -2.31. The lowest BCUT2D eigenvalue weighted by molar-refractivity contribution is -0.148. The smallest absolute Gasteiger partial charge is 0.256 e. The average molecular weight is 319 g/mol. The van der Waals surface area contributed by atoms with E-state index in [-0.39, 0.29) is 23.7 Å². The molecule has 1 aromatic heterocycles. The Morgan fingerprint density at radius 2 is 2.17 bits per heavy atom. The molecule has 1 fully saturated rings. The van der Waals surface area contributed by atoms with Gasteiger partial charge in [-0.3, -0.25) is 9.59 Å². The summed E-state index contributed by atoms with van der Waals surface area (Å²) < 4.78 is 7.52. The van der Waals surface area contributed by atoms with Gasteiger partial charge in [0.15, 0.2) is 0 Å². The van der Waals surface area contributed by atoms with Gasteiger partial charge in [0.05, 0.1) is 24.7 Å². The van der Waals surface area contributed by atoms with Crippen molar-refractivity contribution in [1.29, 1.82) is 0 Å². The van der Waals surface area contributed by atoms with Gasteiger partial charge < -0.3 is 14.2 Å². The van der Waals surface area contributed by atoms with Gasteiger partial charge in [0.1, 0.15) is 6.10 Å². The molecule has 0 spiro atoms. The minimum atomic E-state index is -0.369. The van der Waals surface area contributed by atoms with Crippen LogP contribution in [0.15, 0.2) is 11.1 Å². The normalized spacial score (nSPS) is 19.7. The fourth-order valence-corrected chi connectivity index (χ4v) is 3.49. The van der Waals surface area contributed by atoms with E-state index < -0.39 is 0 Å². The maximum atomic E-state index is 12.8. The van der Waals surface area contributed by atoms with Crippen LogP contribution in [0.3, 0.4) is 0 Å². The number of carbonyl (C=O) groups is 1. The van der Waals surface area contributed by atoms with Crippen molar-refractivity contribution in [3.05, 3.63) is 27.9 Å². The Balaban J connectivity index is 1.70. The van der Waals surface area contributed by atoms with Gasteiger partial charge in [0, 0.05) is 19.2 Å². The maximum absolute atomic E-state index is 12.8. The van der Waals surface area contributed by atoms with Gasteiger partial charge in [-0.1, -0.05) is 19.8 Å². The van der Waals surface area contributed by atoms with Crippen molar-refractivity contribution in [2.75, 3.05) is 6.54 Å². The summed E-state index contributed by atoms with van der Waals surface area (Å²) in [5.74, 6) is 0.0347. The van der Waals surface area contributed by atoms with Crippen LogP contribution >= 0.6 is 0 Å². The third kappa shape index (κ3) is 3.32. The predicted molar refractivity (Wildman–Crippen MR) is 86.0 cm³/mol. The van der Waals surface area contributed by atoms with Crippen LogP contribution in [0.4, 0.5) is 0 Å². The van der Waals surface area contributed by atoms with Crippen molar-refractivity contribution in [1.82, 2.24) is 14.5 Å². The van der Waals surface area contributed by atoms with E-state index in [2.05, 4.69) is 4.98 Å². The standard InChI is InChI=1S/C17H25N3O3/c1-3-15(23-12-6-4-5-7-12)17(22)20-9-8-13-14(10-20)18-11-19(2)16(13)21/h11-12,15H,3-10H2,1-2H3/t15-/m0/s1. The van der Waals surface area contributed by atoms with Crippen molar-refractivity contribution in [2.45, 2.75) is 64.2 Å². The number of rotatable bonds is 4. The van der Waals surface area contributed by atoms with Crippen molar-refractivity contribution in [3.8, 4) is 0 Å². The van der Waals surface area contributed by atoms with Gasteiger partial charge in [0.2, 0.25) is 0 Å². The second-order valence-corrected chi connectivity index (χ2v) is 6.54. The molecule has 1 amide bonds. The SMILES string of the molecule is CC[C@H](OC1CCCC1)C(=O)N1CCc2c(ncn(C)c2=O)C1. The third-order valence-corrected chi connectivity index (χ3v) is 4.90. The summed E-state index contributed by atoms with van der Waals surface area (Å²) in [7, 11) is 1.70. The molecule has 1 atom stereocenters. The monoisotopic (exact) mass is 319 g/mol. The highest BCUT2D eigenvalue weighted by Gasteiger charge is 2.31. The summed E-state index contributed by atoms with van der Waals surface area (Å²) in [6.45, 7) is 2.97. The predicted octanol–water partition coefficient (Wildman–Crippen LogP) is 1.40. The second kappa shape index (κ2) is 6.83. The van der Waals surface area contributed by atoms with Crippen LogP contribution in [0.2, 0.25) is 0 Å². The highest BCUT2D eigenvalue weighted by Crippen LogP contribution is 2.24. The van der Waals surface area contributed by atoms with E-state index in [0.29, 0.717) is 25.9 Å². The minimum absolute atomic E-state index is 0.00338. The molecule has 0 aromatic carbocycles. The van der Waals surface area contributed by atoms with E-state index in [1.54, 1.807) is 11.9 Å². The van der Waals surface area contributed by atoms with Crippen LogP contribution in [0.1, 0.15) is 50.3 Å². The first kappa shape index (κ1) is 16.2. The second-order valence-electron chi connectivity index (χ2n) is 6.54. The molecule has 2 heterocycles. The molecule has 0 radical (unpaired) electrons. The molecule has 23 heavy (non-hydrogen) atoms.